The molecule has 0 spiro atoms. The Labute approximate surface area is 211 Å². The van der Waals surface area contributed by atoms with E-state index in [1.807, 2.05) is 19.9 Å². The zero-order chi connectivity index (χ0) is 26.7. The summed E-state index contributed by atoms with van der Waals surface area (Å²) in [6, 6.07) is 15.4. The molecule has 0 heterocycles. The lowest BCUT2D eigenvalue weighted by molar-refractivity contribution is -0.141. The van der Waals surface area contributed by atoms with Crippen molar-refractivity contribution in [1.82, 2.24) is 15.7 Å². The highest BCUT2D eigenvalue weighted by Crippen LogP contribution is 2.43. The summed E-state index contributed by atoms with van der Waals surface area (Å²) in [5.41, 5.74) is 1.44. The first-order valence-electron chi connectivity index (χ1n) is 11.6. The van der Waals surface area contributed by atoms with E-state index in [1.165, 1.54) is 6.92 Å². The lowest BCUT2D eigenvalue weighted by Crippen LogP contribution is -2.50. The molecule has 0 saturated heterocycles. The van der Waals surface area contributed by atoms with E-state index in [1.54, 1.807) is 54.6 Å². The van der Waals surface area contributed by atoms with Crippen molar-refractivity contribution in [2.45, 2.75) is 58.1 Å². The summed E-state index contributed by atoms with van der Waals surface area (Å²) in [4.78, 5) is 47.5. The van der Waals surface area contributed by atoms with Crippen LogP contribution in [0.5, 0.6) is 0 Å². The van der Waals surface area contributed by atoms with Crippen molar-refractivity contribution in [3.63, 3.8) is 0 Å². The average molecular weight is 520 g/mol. The van der Waals surface area contributed by atoms with Crippen molar-refractivity contribution >= 4 is 25.5 Å². The highest BCUT2D eigenvalue weighted by Gasteiger charge is 2.37. The number of alkyl carbamates (subject to hydrolysis) is 1. The summed E-state index contributed by atoms with van der Waals surface area (Å²) < 4.78 is 18.8. The number of ether oxygens (including phenoxy) is 1. The molecule has 0 aliphatic carbocycles. The molecule has 0 radical (unpaired) electrons. The molecule has 10 nitrogen and oxygen atoms in total. The number of carbonyl (C=O) groups excluding carboxylic acids is 2. The number of benzene rings is 2. The minimum Gasteiger partial charge on any atom is -0.480 e. The van der Waals surface area contributed by atoms with E-state index in [0.717, 1.165) is 5.56 Å². The summed E-state index contributed by atoms with van der Waals surface area (Å²) in [7, 11) is -4.42. The SMILES string of the molecule is CC(C)CC(NP(=O)(O)C(Cc1ccccc1)NC(=O)OCc1ccccc1)C(=O)NC(C)C(=O)O. The van der Waals surface area contributed by atoms with E-state index >= 15 is 0 Å². The van der Waals surface area contributed by atoms with Gasteiger partial charge < -0.3 is 25.4 Å². The van der Waals surface area contributed by atoms with Crippen LogP contribution in [-0.2, 0) is 31.9 Å². The average Bonchev–Trinajstić information content (AvgIpc) is 2.82. The summed E-state index contributed by atoms with van der Waals surface area (Å²) in [6.07, 6.45) is -0.733. The van der Waals surface area contributed by atoms with Crippen LogP contribution >= 0.6 is 7.52 Å². The normalized spacial score (nSPS) is 15.2. The van der Waals surface area contributed by atoms with Crippen LogP contribution in [0.25, 0.3) is 0 Å². The summed E-state index contributed by atoms with van der Waals surface area (Å²) in [5, 5.41) is 16.4. The van der Waals surface area contributed by atoms with Crippen molar-refractivity contribution < 1.29 is 33.7 Å². The number of aliphatic carboxylic acids is 1. The predicted octanol–water partition coefficient (Wildman–Crippen LogP) is 3.26. The molecule has 2 aromatic rings. The van der Waals surface area contributed by atoms with Gasteiger partial charge in [0, 0.05) is 6.42 Å². The zero-order valence-electron chi connectivity index (χ0n) is 20.6. The molecule has 0 aromatic heterocycles. The molecule has 2 rings (SSSR count). The van der Waals surface area contributed by atoms with Crippen LogP contribution in [0.1, 0.15) is 38.3 Å². The summed E-state index contributed by atoms with van der Waals surface area (Å²) in [5.74, 6) is -3.33. The molecule has 4 atom stereocenters. The first-order chi connectivity index (χ1) is 17.0. The molecule has 5 N–H and O–H groups in total. The second kappa shape index (κ2) is 13.8. The maximum absolute atomic E-state index is 13.5. The van der Waals surface area contributed by atoms with Gasteiger partial charge >= 0.3 is 12.1 Å². The van der Waals surface area contributed by atoms with Gasteiger partial charge in [-0.05, 0) is 30.4 Å². The molecule has 0 aliphatic rings. The van der Waals surface area contributed by atoms with Gasteiger partial charge in [-0.25, -0.2) is 9.88 Å². The van der Waals surface area contributed by atoms with Gasteiger partial charge in [-0.2, -0.15) is 0 Å². The molecule has 0 saturated carbocycles. The van der Waals surface area contributed by atoms with Crippen LogP contribution < -0.4 is 15.7 Å². The minimum atomic E-state index is -4.42. The molecule has 196 valence electrons. The Balaban J connectivity index is 2.21. The number of rotatable bonds is 13. The number of hydrogen-bond donors (Lipinski definition) is 5. The van der Waals surface area contributed by atoms with Crippen LogP contribution in [0, 0.1) is 5.92 Å². The third kappa shape index (κ3) is 9.81. The molecule has 0 fully saturated rings. The van der Waals surface area contributed by atoms with Gasteiger partial charge in [0.05, 0.1) is 6.04 Å². The van der Waals surface area contributed by atoms with Gasteiger partial charge in [-0.15, -0.1) is 0 Å². The van der Waals surface area contributed by atoms with Gasteiger partial charge in [0.15, 0.2) is 0 Å². The Kier molecular flexibility index (Phi) is 11.1. The second-order valence-electron chi connectivity index (χ2n) is 8.91. The second-order valence-corrected chi connectivity index (χ2v) is 11.0. The molecular formula is C25H34N3O7P. The molecule has 4 unspecified atom stereocenters. The molecular weight excluding hydrogens is 485 g/mol. The highest BCUT2D eigenvalue weighted by molar-refractivity contribution is 7.56. The molecule has 11 heteroatoms. The van der Waals surface area contributed by atoms with E-state index in [-0.39, 0.29) is 25.4 Å². The Morgan fingerprint density at radius 1 is 0.917 bits per heavy atom. The predicted molar refractivity (Wildman–Crippen MR) is 135 cm³/mol. The fourth-order valence-corrected chi connectivity index (χ4v) is 4.97. The van der Waals surface area contributed by atoms with E-state index < -0.39 is 43.4 Å². The Morgan fingerprint density at radius 3 is 2.00 bits per heavy atom. The van der Waals surface area contributed by atoms with Gasteiger partial charge in [0.1, 0.15) is 18.4 Å². The monoisotopic (exact) mass is 519 g/mol. The van der Waals surface area contributed by atoms with E-state index in [0.29, 0.717) is 5.56 Å². The van der Waals surface area contributed by atoms with Crippen molar-refractivity contribution in [3.8, 4) is 0 Å². The number of hydrogen-bond acceptors (Lipinski definition) is 5. The first kappa shape index (κ1) is 29.0. The van der Waals surface area contributed by atoms with Crippen LogP contribution in [0.2, 0.25) is 0 Å². The highest BCUT2D eigenvalue weighted by atomic mass is 31.2. The largest absolute Gasteiger partial charge is 0.480 e. The van der Waals surface area contributed by atoms with Gasteiger partial charge in [0.25, 0.3) is 7.52 Å². The number of carboxylic acid groups (broad SMARTS) is 1. The number of carbonyl (C=O) groups is 3. The van der Waals surface area contributed by atoms with Gasteiger partial charge in [0.2, 0.25) is 5.91 Å². The fraction of sp³-hybridized carbons (Fsp3) is 0.400. The van der Waals surface area contributed by atoms with Gasteiger partial charge in [-0.1, -0.05) is 74.5 Å². The van der Waals surface area contributed by atoms with Crippen LogP contribution in [0.4, 0.5) is 4.79 Å². The smallest absolute Gasteiger partial charge is 0.408 e. The van der Waals surface area contributed by atoms with E-state index in [2.05, 4.69) is 15.7 Å². The lowest BCUT2D eigenvalue weighted by atomic mass is 10.0. The maximum atomic E-state index is 13.5. The molecule has 2 aromatic carbocycles. The molecule has 0 aliphatic heterocycles. The molecule has 0 bridgehead atoms. The Hall–Kier alpha value is -3.20. The zero-order valence-corrected chi connectivity index (χ0v) is 21.5. The van der Waals surface area contributed by atoms with E-state index in [4.69, 9.17) is 9.84 Å². The van der Waals surface area contributed by atoms with Crippen molar-refractivity contribution in [3.05, 3.63) is 71.8 Å². The van der Waals surface area contributed by atoms with Crippen LogP contribution in [-0.4, -0.2) is 45.8 Å². The van der Waals surface area contributed by atoms with Crippen LogP contribution in [0.3, 0.4) is 0 Å². The Morgan fingerprint density at radius 2 is 1.47 bits per heavy atom. The number of amides is 2. The standard InChI is InChI=1S/C25H34N3O7P/c1-17(2)14-21(23(29)26-18(3)24(30)31)28-36(33,34)22(15-19-10-6-4-7-11-19)27-25(32)35-16-20-12-8-5-9-13-20/h4-13,17-18,21-22H,14-16H2,1-3H3,(H,26,29)(H,27,32)(H,30,31)(H2,28,33,34). The minimum absolute atomic E-state index is 0.0103. The van der Waals surface area contributed by atoms with Crippen LogP contribution in [0.15, 0.2) is 60.7 Å². The van der Waals surface area contributed by atoms with Crippen molar-refractivity contribution in [1.29, 1.82) is 0 Å². The fourth-order valence-electron chi connectivity index (χ4n) is 3.38. The lowest BCUT2D eigenvalue weighted by Gasteiger charge is -2.29. The van der Waals surface area contributed by atoms with E-state index in [9.17, 15) is 23.8 Å². The maximum Gasteiger partial charge on any atom is 0.408 e. The molecule has 36 heavy (non-hydrogen) atoms. The van der Waals surface area contributed by atoms with Crippen molar-refractivity contribution in [2.24, 2.45) is 5.92 Å². The number of nitrogens with one attached hydrogen (secondary N) is 3. The Bertz CT molecular complexity index is 1050. The van der Waals surface area contributed by atoms with Crippen molar-refractivity contribution in [2.75, 3.05) is 0 Å². The third-order valence-electron chi connectivity index (χ3n) is 5.29. The van der Waals surface area contributed by atoms with Gasteiger partial charge in [-0.3, -0.25) is 14.2 Å². The summed E-state index contributed by atoms with van der Waals surface area (Å²) in [6.45, 7) is 4.92. The summed E-state index contributed by atoms with van der Waals surface area (Å²) >= 11 is 0. The molecule has 2 amide bonds. The quantitative estimate of drug-likeness (QED) is 0.253. The third-order valence-corrected chi connectivity index (χ3v) is 7.12. The topological polar surface area (TPSA) is 154 Å². The number of carboxylic acids is 1. The first-order valence-corrected chi connectivity index (χ1v) is 13.4.